The molecule has 1 aromatic rings. The monoisotopic (exact) mass is 537 g/mol. The third-order valence-corrected chi connectivity index (χ3v) is 5.71. The van der Waals surface area contributed by atoms with E-state index in [1.807, 2.05) is 34.6 Å². The number of aliphatic carboxylic acids is 1. The lowest BCUT2D eigenvalue weighted by molar-refractivity contribution is -0.145. The predicted octanol–water partition coefficient (Wildman–Crippen LogP) is 5.03. The van der Waals surface area contributed by atoms with Gasteiger partial charge in [0, 0.05) is 25.7 Å². The van der Waals surface area contributed by atoms with E-state index in [1.165, 1.54) is 19.1 Å². The van der Waals surface area contributed by atoms with Gasteiger partial charge in [-0.2, -0.15) is 0 Å². The molecule has 2 atom stereocenters. The molecule has 0 spiro atoms. The highest BCUT2D eigenvalue weighted by Crippen LogP contribution is 2.32. The second-order valence-corrected chi connectivity index (χ2v) is 11.2. The topological polar surface area (TPSA) is 151 Å². The maximum atomic E-state index is 12.4. The van der Waals surface area contributed by atoms with Gasteiger partial charge in [-0.05, 0) is 56.7 Å². The van der Waals surface area contributed by atoms with Crippen molar-refractivity contribution in [1.82, 2.24) is 0 Å². The van der Waals surface area contributed by atoms with Crippen LogP contribution in [-0.4, -0.2) is 46.4 Å². The van der Waals surface area contributed by atoms with Gasteiger partial charge in [-0.25, -0.2) is 4.79 Å². The van der Waals surface area contributed by atoms with Crippen LogP contribution >= 0.6 is 0 Å². The van der Waals surface area contributed by atoms with Crippen molar-refractivity contribution in [2.75, 3.05) is 0 Å². The summed E-state index contributed by atoms with van der Waals surface area (Å²) in [5, 5.41) is 9.92. The number of carbonyl (C=O) groups excluding carboxylic acids is 3. The Bertz CT molecular complexity index is 987. The molecular weight excluding hydrogens is 494 g/mol. The Morgan fingerprint density at radius 1 is 0.921 bits per heavy atom. The minimum absolute atomic E-state index is 0.00679. The van der Waals surface area contributed by atoms with Crippen molar-refractivity contribution in [1.29, 1.82) is 0 Å². The van der Waals surface area contributed by atoms with Crippen LogP contribution in [0.1, 0.15) is 86.6 Å². The highest BCUT2D eigenvalue weighted by Gasteiger charge is 2.38. The summed E-state index contributed by atoms with van der Waals surface area (Å²) in [6.45, 7) is 14.3. The maximum absolute atomic E-state index is 12.4. The summed E-state index contributed by atoms with van der Waals surface area (Å²) in [5.74, 6) is -2.17. The van der Waals surface area contributed by atoms with Crippen LogP contribution in [0.2, 0.25) is 0 Å². The summed E-state index contributed by atoms with van der Waals surface area (Å²) < 4.78 is 21.4. The fourth-order valence-electron chi connectivity index (χ4n) is 3.46. The minimum atomic E-state index is -1.82. The SMILES string of the molecule is CCC(C)(C)OC(=O)O[C@@H](C)CC(N)(Cc1ccc(OC(=O)CC(C)C)c(OC(=O)CC(C)C)c1)C(=O)O. The van der Waals surface area contributed by atoms with Gasteiger partial charge in [0.05, 0.1) is 0 Å². The lowest BCUT2D eigenvalue weighted by Gasteiger charge is -2.29. The third kappa shape index (κ3) is 11.5. The molecule has 1 rings (SSSR count). The van der Waals surface area contributed by atoms with Crippen LogP contribution in [0.25, 0.3) is 0 Å². The molecule has 0 saturated carbocycles. The number of rotatable bonds is 14. The van der Waals surface area contributed by atoms with Gasteiger partial charge in [-0.15, -0.1) is 0 Å². The summed E-state index contributed by atoms with van der Waals surface area (Å²) in [4.78, 5) is 48.9. The summed E-state index contributed by atoms with van der Waals surface area (Å²) in [6.07, 6.45) is -1.29. The van der Waals surface area contributed by atoms with Gasteiger partial charge in [-0.1, -0.05) is 40.7 Å². The number of carbonyl (C=O) groups is 4. The van der Waals surface area contributed by atoms with Crippen molar-refractivity contribution in [3.63, 3.8) is 0 Å². The van der Waals surface area contributed by atoms with Gasteiger partial charge in [0.15, 0.2) is 11.5 Å². The van der Waals surface area contributed by atoms with Gasteiger partial charge in [0.2, 0.25) is 0 Å². The molecule has 0 bridgehead atoms. The first-order valence-electron chi connectivity index (χ1n) is 12.9. The average molecular weight is 538 g/mol. The minimum Gasteiger partial charge on any atom is -0.480 e. The molecule has 0 aromatic heterocycles. The second-order valence-electron chi connectivity index (χ2n) is 11.2. The smallest absolute Gasteiger partial charge is 0.480 e. The molecule has 38 heavy (non-hydrogen) atoms. The highest BCUT2D eigenvalue weighted by atomic mass is 16.7. The molecule has 0 radical (unpaired) electrons. The van der Waals surface area contributed by atoms with Gasteiger partial charge >= 0.3 is 24.1 Å². The van der Waals surface area contributed by atoms with Crippen molar-refractivity contribution in [3.8, 4) is 11.5 Å². The van der Waals surface area contributed by atoms with Crippen LogP contribution < -0.4 is 15.2 Å². The number of carboxylic acids is 1. The quantitative estimate of drug-likeness (QED) is 0.244. The van der Waals surface area contributed by atoms with Crippen molar-refractivity contribution in [3.05, 3.63) is 23.8 Å². The zero-order chi connectivity index (χ0) is 29.3. The Morgan fingerprint density at radius 2 is 1.45 bits per heavy atom. The first-order chi connectivity index (χ1) is 17.5. The molecule has 0 aliphatic carbocycles. The van der Waals surface area contributed by atoms with Gasteiger partial charge < -0.3 is 29.8 Å². The van der Waals surface area contributed by atoms with E-state index in [9.17, 15) is 24.3 Å². The molecule has 1 aromatic carbocycles. The molecule has 10 nitrogen and oxygen atoms in total. The van der Waals surface area contributed by atoms with E-state index >= 15 is 0 Å². The number of benzene rings is 1. The first-order valence-corrected chi connectivity index (χ1v) is 12.9. The Morgan fingerprint density at radius 3 is 1.92 bits per heavy atom. The summed E-state index contributed by atoms with van der Waals surface area (Å²) >= 11 is 0. The molecule has 0 aliphatic rings. The molecule has 0 aliphatic heterocycles. The fourth-order valence-corrected chi connectivity index (χ4v) is 3.46. The number of esters is 2. The molecule has 10 heteroatoms. The maximum Gasteiger partial charge on any atom is 0.509 e. The largest absolute Gasteiger partial charge is 0.509 e. The Kier molecular flexibility index (Phi) is 12.2. The predicted molar refractivity (Wildman–Crippen MR) is 141 cm³/mol. The second kappa shape index (κ2) is 14.1. The molecule has 3 N–H and O–H groups in total. The van der Waals surface area contributed by atoms with Crippen LogP contribution in [-0.2, 0) is 30.3 Å². The molecular formula is C28H43NO9. The number of hydrogen-bond donors (Lipinski definition) is 2. The first kappa shape index (κ1) is 32.9. The van der Waals surface area contributed by atoms with Gasteiger partial charge in [-0.3, -0.25) is 14.4 Å². The molecule has 0 fully saturated rings. The zero-order valence-corrected chi connectivity index (χ0v) is 23.8. The normalized spacial score (nSPS) is 14.0. The van der Waals surface area contributed by atoms with Gasteiger partial charge in [0.1, 0.15) is 17.2 Å². The van der Waals surface area contributed by atoms with E-state index in [-0.39, 0.29) is 49.0 Å². The summed E-state index contributed by atoms with van der Waals surface area (Å²) in [5.41, 5.74) is 4.14. The van der Waals surface area contributed by atoms with E-state index < -0.39 is 41.3 Å². The van der Waals surface area contributed by atoms with Gasteiger partial charge in [0.25, 0.3) is 0 Å². The molecule has 0 amide bonds. The number of hydrogen-bond acceptors (Lipinski definition) is 9. The molecule has 0 saturated heterocycles. The standard InChI is InChI=1S/C28H43NO9/c1-9-27(7,8)38-26(34)35-19(6)15-28(29,25(32)33)16-20-10-11-21(36-23(30)12-17(2)3)22(14-20)37-24(31)13-18(4)5/h10-11,14,17-19H,9,12-13,15-16,29H2,1-8H3,(H,32,33)/t19-,28?/m0/s1. The zero-order valence-electron chi connectivity index (χ0n) is 23.8. The number of ether oxygens (including phenoxy) is 4. The lowest BCUT2D eigenvalue weighted by atomic mass is 9.86. The van der Waals surface area contributed by atoms with Crippen molar-refractivity contribution in [2.45, 2.75) is 105 Å². The van der Waals surface area contributed by atoms with Crippen LogP contribution in [0.15, 0.2) is 18.2 Å². The summed E-state index contributed by atoms with van der Waals surface area (Å²) in [7, 11) is 0. The van der Waals surface area contributed by atoms with Crippen LogP contribution in [0, 0.1) is 11.8 Å². The molecule has 214 valence electrons. The third-order valence-electron chi connectivity index (χ3n) is 5.71. The van der Waals surface area contributed by atoms with E-state index in [0.29, 0.717) is 12.0 Å². The van der Waals surface area contributed by atoms with E-state index in [2.05, 4.69) is 0 Å². The lowest BCUT2D eigenvalue weighted by Crippen LogP contribution is -2.52. The van der Waals surface area contributed by atoms with E-state index in [4.69, 9.17) is 24.7 Å². The van der Waals surface area contributed by atoms with E-state index in [1.54, 1.807) is 19.9 Å². The fraction of sp³-hybridized carbons (Fsp3) is 0.643. The van der Waals surface area contributed by atoms with Crippen LogP contribution in [0.5, 0.6) is 11.5 Å². The van der Waals surface area contributed by atoms with Crippen molar-refractivity contribution in [2.24, 2.45) is 17.6 Å². The Labute approximate surface area is 225 Å². The van der Waals surface area contributed by atoms with E-state index in [0.717, 1.165) is 0 Å². The Balaban J connectivity index is 3.16. The van der Waals surface area contributed by atoms with Crippen molar-refractivity contribution >= 4 is 24.1 Å². The van der Waals surface area contributed by atoms with Crippen LogP contribution in [0.4, 0.5) is 4.79 Å². The Hall–Kier alpha value is -3.14. The van der Waals surface area contributed by atoms with Crippen LogP contribution in [0.3, 0.4) is 0 Å². The molecule has 1 unspecified atom stereocenters. The summed E-state index contributed by atoms with van der Waals surface area (Å²) in [6, 6.07) is 4.42. The average Bonchev–Trinajstić information content (AvgIpc) is 2.73. The highest BCUT2D eigenvalue weighted by molar-refractivity contribution is 5.79. The molecule has 0 heterocycles. The number of nitrogens with two attached hydrogens (primary N) is 1. The van der Waals surface area contributed by atoms with Crippen molar-refractivity contribution < 1.29 is 43.2 Å². The number of carboxylic acid groups (broad SMARTS) is 1.